The Labute approximate surface area is 217 Å². The third kappa shape index (κ3) is 5.93. The van der Waals surface area contributed by atoms with E-state index in [1.54, 1.807) is 17.0 Å². The molecular formula is C30H32FN3O3. The van der Waals surface area contributed by atoms with Crippen LogP contribution in [0.5, 0.6) is 5.75 Å². The van der Waals surface area contributed by atoms with Crippen molar-refractivity contribution in [2.45, 2.75) is 12.3 Å². The summed E-state index contributed by atoms with van der Waals surface area (Å²) in [5, 5.41) is 0. The van der Waals surface area contributed by atoms with Crippen molar-refractivity contribution >= 4 is 17.5 Å². The molecule has 0 radical (unpaired) electrons. The summed E-state index contributed by atoms with van der Waals surface area (Å²) in [6.45, 7) is 3.10. The second-order valence-corrected chi connectivity index (χ2v) is 9.70. The molecule has 7 heteroatoms. The molecule has 0 aliphatic carbocycles. The number of benzene rings is 3. The summed E-state index contributed by atoms with van der Waals surface area (Å²) < 4.78 is 20.0. The van der Waals surface area contributed by atoms with Crippen LogP contribution < -0.4 is 9.64 Å². The van der Waals surface area contributed by atoms with Gasteiger partial charge in [0.05, 0.1) is 11.6 Å². The molecule has 0 bridgehead atoms. The lowest BCUT2D eigenvalue weighted by Gasteiger charge is -2.41. The van der Waals surface area contributed by atoms with Gasteiger partial charge >= 0.3 is 0 Å². The predicted molar refractivity (Wildman–Crippen MR) is 141 cm³/mol. The van der Waals surface area contributed by atoms with Gasteiger partial charge in [-0.25, -0.2) is 4.39 Å². The van der Waals surface area contributed by atoms with Gasteiger partial charge in [0, 0.05) is 45.2 Å². The molecule has 3 aromatic rings. The lowest BCUT2D eigenvalue weighted by molar-refractivity contribution is -0.142. The van der Waals surface area contributed by atoms with Gasteiger partial charge in [-0.2, -0.15) is 0 Å². The monoisotopic (exact) mass is 501 g/mol. The molecule has 2 fully saturated rings. The minimum atomic E-state index is -0.292. The summed E-state index contributed by atoms with van der Waals surface area (Å²) in [5.74, 6) is 0.131. The molecule has 6 nitrogen and oxygen atoms in total. The van der Waals surface area contributed by atoms with E-state index in [4.69, 9.17) is 4.74 Å². The number of carbonyl (C=O) groups is 2. The number of para-hydroxylation sites is 2. The Morgan fingerprint density at radius 2 is 1.43 bits per heavy atom. The minimum Gasteiger partial charge on any atom is -0.484 e. The minimum absolute atomic E-state index is 0.0618. The van der Waals surface area contributed by atoms with Gasteiger partial charge in [-0.05, 0) is 36.2 Å². The summed E-state index contributed by atoms with van der Waals surface area (Å²) >= 11 is 0. The molecule has 0 aromatic heterocycles. The summed E-state index contributed by atoms with van der Waals surface area (Å²) in [4.78, 5) is 32.5. The Morgan fingerprint density at radius 3 is 2.14 bits per heavy atom. The zero-order valence-electron chi connectivity index (χ0n) is 20.8. The lowest BCUT2D eigenvalue weighted by Crippen LogP contribution is -2.54. The van der Waals surface area contributed by atoms with E-state index < -0.39 is 0 Å². The molecule has 0 spiro atoms. The zero-order chi connectivity index (χ0) is 25.6. The normalized spacial score (nSPS) is 20.0. The van der Waals surface area contributed by atoms with Crippen LogP contribution in [0.4, 0.5) is 10.1 Å². The number of amides is 2. The maximum atomic E-state index is 14.2. The van der Waals surface area contributed by atoms with E-state index in [1.165, 1.54) is 6.07 Å². The van der Waals surface area contributed by atoms with Crippen molar-refractivity contribution in [1.82, 2.24) is 9.80 Å². The maximum absolute atomic E-state index is 14.2. The van der Waals surface area contributed by atoms with Crippen molar-refractivity contribution in [1.29, 1.82) is 0 Å². The van der Waals surface area contributed by atoms with E-state index in [0.717, 1.165) is 5.56 Å². The van der Waals surface area contributed by atoms with Crippen molar-refractivity contribution in [3.8, 4) is 5.75 Å². The number of piperazine rings is 1. The number of hydrogen-bond acceptors (Lipinski definition) is 4. The fraction of sp³-hybridized carbons (Fsp3) is 0.333. The van der Waals surface area contributed by atoms with Gasteiger partial charge in [0.2, 0.25) is 5.91 Å². The van der Waals surface area contributed by atoms with Gasteiger partial charge < -0.3 is 19.4 Å². The number of halogens is 1. The molecule has 3 aromatic carbocycles. The Morgan fingerprint density at radius 1 is 0.784 bits per heavy atom. The molecule has 2 saturated heterocycles. The van der Waals surface area contributed by atoms with Crippen LogP contribution in [0.2, 0.25) is 0 Å². The maximum Gasteiger partial charge on any atom is 0.260 e. The van der Waals surface area contributed by atoms with Crippen molar-refractivity contribution in [2.75, 3.05) is 50.8 Å². The second kappa shape index (κ2) is 11.5. The Hall–Kier alpha value is -3.87. The van der Waals surface area contributed by atoms with Gasteiger partial charge in [0.25, 0.3) is 5.91 Å². The first-order chi connectivity index (χ1) is 18.1. The van der Waals surface area contributed by atoms with Crippen LogP contribution in [-0.2, 0) is 9.59 Å². The first-order valence-electron chi connectivity index (χ1n) is 12.9. The van der Waals surface area contributed by atoms with Crippen LogP contribution in [0.1, 0.15) is 17.9 Å². The largest absolute Gasteiger partial charge is 0.484 e. The third-order valence-electron chi connectivity index (χ3n) is 7.31. The fourth-order valence-corrected chi connectivity index (χ4v) is 5.34. The van der Waals surface area contributed by atoms with E-state index in [9.17, 15) is 14.0 Å². The highest BCUT2D eigenvalue weighted by atomic mass is 19.1. The summed E-state index contributed by atoms with van der Waals surface area (Å²) in [5.41, 5.74) is 1.71. The molecule has 2 aliphatic rings. The van der Waals surface area contributed by atoms with Crippen molar-refractivity contribution in [3.05, 3.63) is 96.3 Å². The summed E-state index contributed by atoms with van der Waals surface area (Å²) in [7, 11) is 0. The van der Waals surface area contributed by atoms with Crippen molar-refractivity contribution in [2.24, 2.45) is 5.92 Å². The lowest BCUT2D eigenvalue weighted by atomic mass is 9.83. The second-order valence-electron chi connectivity index (χ2n) is 9.70. The van der Waals surface area contributed by atoms with E-state index in [-0.39, 0.29) is 36.1 Å². The molecule has 2 atom stereocenters. The zero-order valence-corrected chi connectivity index (χ0v) is 20.8. The standard InChI is InChI=1S/C30H32FN3O3/c31-27-13-7-8-14-28(27)32-15-17-33(18-16-32)30(36)25-19-24(23-9-3-1-4-10-23)20-34(21-25)29(35)22-37-26-11-5-2-6-12-26/h1-14,24-25H,15-22H2/t24-,25-/m0/s1. The van der Waals surface area contributed by atoms with Crippen LogP contribution in [0.3, 0.4) is 0 Å². The number of rotatable bonds is 6. The highest BCUT2D eigenvalue weighted by Crippen LogP contribution is 2.32. The molecule has 0 N–H and O–H groups in total. The van der Waals surface area contributed by atoms with Gasteiger partial charge in [0.1, 0.15) is 11.6 Å². The Balaban J connectivity index is 1.26. The fourth-order valence-electron chi connectivity index (χ4n) is 5.34. The molecule has 0 unspecified atom stereocenters. The number of ether oxygens (including phenoxy) is 1. The van der Waals surface area contributed by atoms with E-state index >= 15 is 0 Å². The molecular weight excluding hydrogens is 469 g/mol. The SMILES string of the molecule is O=C(COc1ccccc1)N1C[C@@H](C(=O)N2CCN(c3ccccc3F)CC2)C[C@H](c2ccccc2)C1. The van der Waals surface area contributed by atoms with Crippen LogP contribution in [0.25, 0.3) is 0 Å². The number of hydrogen-bond donors (Lipinski definition) is 0. The first kappa shape index (κ1) is 24.8. The highest BCUT2D eigenvalue weighted by Gasteiger charge is 2.37. The third-order valence-corrected chi connectivity index (χ3v) is 7.31. The van der Waals surface area contributed by atoms with Gasteiger partial charge in [0.15, 0.2) is 6.61 Å². The quantitative estimate of drug-likeness (QED) is 0.509. The molecule has 5 rings (SSSR count). The van der Waals surface area contributed by atoms with Crippen LogP contribution in [0, 0.1) is 11.7 Å². The average Bonchev–Trinajstić information content (AvgIpc) is 2.96. The number of piperidine rings is 1. The predicted octanol–water partition coefficient (Wildman–Crippen LogP) is 4.19. The summed E-state index contributed by atoms with van der Waals surface area (Å²) in [6, 6.07) is 26.1. The Kier molecular flexibility index (Phi) is 7.68. The topological polar surface area (TPSA) is 53.1 Å². The van der Waals surface area contributed by atoms with Gasteiger partial charge in [-0.1, -0.05) is 60.7 Å². The summed E-state index contributed by atoms with van der Waals surface area (Å²) in [6.07, 6.45) is 0.694. The molecule has 2 aliphatic heterocycles. The van der Waals surface area contributed by atoms with Gasteiger partial charge in [-0.15, -0.1) is 0 Å². The first-order valence-corrected chi connectivity index (χ1v) is 12.9. The van der Waals surface area contributed by atoms with E-state index in [2.05, 4.69) is 12.1 Å². The van der Waals surface area contributed by atoms with Crippen molar-refractivity contribution < 1.29 is 18.7 Å². The molecule has 2 heterocycles. The number of likely N-dealkylation sites (tertiary alicyclic amines) is 1. The van der Waals surface area contributed by atoms with Gasteiger partial charge in [-0.3, -0.25) is 9.59 Å². The molecule has 37 heavy (non-hydrogen) atoms. The van der Waals surface area contributed by atoms with E-state index in [1.807, 2.05) is 64.4 Å². The molecule has 2 amide bonds. The smallest absolute Gasteiger partial charge is 0.260 e. The van der Waals surface area contributed by atoms with Crippen molar-refractivity contribution in [3.63, 3.8) is 0 Å². The molecule has 0 saturated carbocycles. The van der Waals surface area contributed by atoms with Crippen LogP contribution >= 0.6 is 0 Å². The Bertz CT molecular complexity index is 1200. The molecule has 192 valence electrons. The average molecular weight is 502 g/mol. The highest BCUT2D eigenvalue weighted by molar-refractivity contribution is 5.82. The van der Waals surface area contributed by atoms with Crippen LogP contribution in [-0.4, -0.2) is 67.5 Å². The number of anilines is 1. The number of carbonyl (C=O) groups excluding carboxylic acids is 2. The van der Waals surface area contributed by atoms with E-state index in [0.29, 0.717) is 57.1 Å². The number of nitrogens with zero attached hydrogens (tertiary/aromatic N) is 3. The van der Waals surface area contributed by atoms with Crippen LogP contribution in [0.15, 0.2) is 84.9 Å².